The molecule has 1 aliphatic carbocycles. The summed E-state index contributed by atoms with van der Waals surface area (Å²) in [6.45, 7) is 0. The summed E-state index contributed by atoms with van der Waals surface area (Å²) in [4.78, 5) is 0. The third-order valence-corrected chi connectivity index (χ3v) is 8.96. The highest BCUT2D eigenvalue weighted by molar-refractivity contribution is 6.26. The Morgan fingerprint density at radius 1 is 0.463 bits per heavy atom. The van der Waals surface area contributed by atoms with Crippen molar-refractivity contribution in [3.63, 3.8) is 0 Å². The van der Waals surface area contributed by atoms with Gasteiger partial charge in [0.2, 0.25) is 0 Å². The summed E-state index contributed by atoms with van der Waals surface area (Å²) >= 11 is 0. The lowest BCUT2D eigenvalue weighted by atomic mass is 9.81. The molecular formula is C40H26O. The second kappa shape index (κ2) is 8.68. The molecule has 0 unspecified atom stereocenters. The zero-order valence-corrected chi connectivity index (χ0v) is 22.5. The van der Waals surface area contributed by atoms with Gasteiger partial charge >= 0.3 is 0 Å². The highest BCUT2D eigenvalue weighted by atomic mass is 16.3. The Balaban J connectivity index is 1.41. The van der Waals surface area contributed by atoms with Crippen LogP contribution in [0, 0.1) is 0 Å². The van der Waals surface area contributed by atoms with Gasteiger partial charge in [0.25, 0.3) is 0 Å². The van der Waals surface area contributed by atoms with Crippen molar-refractivity contribution in [1.82, 2.24) is 0 Å². The van der Waals surface area contributed by atoms with E-state index >= 15 is 0 Å². The van der Waals surface area contributed by atoms with Gasteiger partial charge in [0.05, 0.1) is 0 Å². The van der Waals surface area contributed by atoms with Crippen LogP contribution in [0.25, 0.3) is 77.0 Å². The molecule has 0 amide bonds. The molecule has 1 aliphatic rings. The van der Waals surface area contributed by atoms with Crippen LogP contribution in [0.5, 0.6) is 0 Å². The van der Waals surface area contributed by atoms with Crippen LogP contribution >= 0.6 is 0 Å². The molecule has 7 aromatic carbocycles. The molecule has 1 nitrogen and oxygen atoms in total. The predicted molar refractivity (Wildman–Crippen MR) is 174 cm³/mol. The van der Waals surface area contributed by atoms with Crippen molar-refractivity contribution in [2.75, 3.05) is 0 Å². The first-order valence-electron chi connectivity index (χ1n) is 14.4. The Kier molecular flexibility index (Phi) is 4.80. The second-order valence-electron chi connectivity index (χ2n) is 11.2. The molecule has 0 fully saturated rings. The molecular weight excluding hydrogens is 496 g/mol. The number of benzene rings is 7. The van der Waals surface area contributed by atoms with Crippen LogP contribution in [-0.4, -0.2) is 0 Å². The zero-order chi connectivity index (χ0) is 26.9. The molecule has 41 heavy (non-hydrogen) atoms. The molecule has 0 atom stereocenters. The maximum atomic E-state index is 6.60. The number of aryl methyl sites for hydroxylation is 1. The topological polar surface area (TPSA) is 13.1 Å². The van der Waals surface area contributed by atoms with E-state index in [2.05, 4.69) is 133 Å². The van der Waals surface area contributed by atoms with Crippen molar-refractivity contribution < 1.29 is 4.42 Å². The molecule has 0 saturated heterocycles. The number of rotatable bonds is 2. The van der Waals surface area contributed by atoms with Gasteiger partial charge in [-0.2, -0.15) is 0 Å². The van der Waals surface area contributed by atoms with Crippen LogP contribution in [0.15, 0.2) is 132 Å². The summed E-state index contributed by atoms with van der Waals surface area (Å²) in [6.07, 6.45) is 4.53. The third-order valence-electron chi connectivity index (χ3n) is 8.96. The molecule has 8 aromatic rings. The van der Waals surface area contributed by atoms with Crippen LogP contribution in [0.3, 0.4) is 0 Å². The summed E-state index contributed by atoms with van der Waals surface area (Å²) in [5.74, 6) is 0. The van der Waals surface area contributed by atoms with Crippen molar-refractivity contribution in [3.05, 3.63) is 144 Å². The first-order valence-corrected chi connectivity index (χ1v) is 14.4. The van der Waals surface area contributed by atoms with E-state index in [0.717, 1.165) is 34.8 Å². The smallest absolute Gasteiger partial charge is 0.143 e. The minimum Gasteiger partial charge on any atom is -0.455 e. The maximum Gasteiger partial charge on any atom is 0.143 e. The molecule has 0 radical (unpaired) electrons. The van der Waals surface area contributed by atoms with Crippen molar-refractivity contribution in [2.24, 2.45) is 0 Å². The van der Waals surface area contributed by atoms with E-state index in [1.165, 1.54) is 65.7 Å². The van der Waals surface area contributed by atoms with Gasteiger partial charge in [-0.05, 0) is 85.3 Å². The van der Waals surface area contributed by atoms with E-state index in [1.807, 2.05) is 0 Å². The minimum atomic E-state index is 0.928. The van der Waals surface area contributed by atoms with E-state index in [1.54, 1.807) is 0 Å². The Morgan fingerprint density at radius 2 is 1.12 bits per heavy atom. The van der Waals surface area contributed by atoms with Crippen molar-refractivity contribution >= 4 is 65.9 Å². The van der Waals surface area contributed by atoms with Crippen molar-refractivity contribution in [1.29, 1.82) is 0 Å². The highest BCUT2D eigenvalue weighted by Crippen LogP contribution is 2.47. The SMILES string of the molecule is C1=C(c2c3ccccc3c(-c3cccc4oc5c6ccccc6ccc5c34)c3ccccc23)CCc2ccccc21. The fourth-order valence-corrected chi connectivity index (χ4v) is 7.16. The predicted octanol–water partition coefficient (Wildman–Crippen LogP) is 11.2. The molecule has 1 heterocycles. The van der Waals surface area contributed by atoms with Gasteiger partial charge < -0.3 is 4.42 Å². The first kappa shape index (κ1) is 22.7. The number of furan rings is 1. The Hall–Kier alpha value is -5.14. The summed E-state index contributed by atoms with van der Waals surface area (Å²) in [5, 5.41) is 9.88. The van der Waals surface area contributed by atoms with E-state index in [-0.39, 0.29) is 0 Å². The lowest BCUT2D eigenvalue weighted by Gasteiger charge is -2.22. The van der Waals surface area contributed by atoms with Crippen LogP contribution in [0.2, 0.25) is 0 Å². The largest absolute Gasteiger partial charge is 0.455 e. The number of allylic oxidation sites excluding steroid dienone is 1. The van der Waals surface area contributed by atoms with Crippen LogP contribution in [0.1, 0.15) is 23.1 Å². The van der Waals surface area contributed by atoms with E-state index < -0.39 is 0 Å². The van der Waals surface area contributed by atoms with Crippen molar-refractivity contribution in [2.45, 2.75) is 12.8 Å². The van der Waals surface area contributed by atoms with Crippen molar-refractivity contribution in [3.8, 4) is 11.1 Å². The Bertz CT molecular complexity index is 2310. The summed E-state index contributed by atoms with van der Waals surface area (Å²) in [5.41, 5.74) is 9.95. The molecule has 1 aromatic heterocycles. The van der Waals surface area contributed by atoms with Gasteiger partial charge in [-0.1, -0.05) is 121 Å². The van der Waals surface area contributed by atoms with Gasteiger partial charge in [-0.3, -0.25) is 0 Å². The monoisotopic (exact) mass is 522 g/mol. The molecule has 9 rings (SSSR count). The molecule has 1 heteroatoms. The minimum absolute atomic E-state index is 0.928. The van der Waals surface area contributed by atoms with Crippen LogP contribution < -0.4 is 0 Å². The number of hydrogen-bond acceptors (Lipinski definition) is 1. The zero-order valence-electron chi connectivity index (χ0n) is 22.5. The quantitative estimate of drug-likeness (QED) is 0.206. The molecule has 0 bridgehead atoms. The molecule has 0 aliphatic heterocycles. The number of fused-ring (bicyclic) bond motifs is 8. The van der Waals surface area contributed by atoms with E-state index in [0.29, 0.717) is 0 Å². The summed E-state index contributed by atoms with van der Waals surface area (Å²) in [7, 11) is 0. The maximum absolute atomic E-state index is 6.60. The van der Waals surface area contributed by atoms with Gasteiger partial charge in [0.1, 0.15) is 11.2 Å². The Morgan fingerprint density at radius 3 is 1.90 bits per heavy atom. The summed E-state index contributed by atoms with van der Waals surface area (Å²) < 4.78 is 6.60. The van der Waals surface area contributed by atoms with Gasteiger partial charge in [-0.25, -0.2) is 0 Å². The highest BCUT2D eigenvalue weighted by Gasteiger charge is 2.22. The molecule has 0 spiro atoms. The average Bonchev–Trinajstić information content (AvgIpc) is 3.43. The molecule has 0 saturated carbocycles. The van der Waals surface area contributed by atoms with E-state index in [4.69, 9.17) is 4.42 Å². The molecule has 192 valence electrons. The second-order valence-corrected chi connectivity index (χ2v) is 11.2. The Labute approximate surface area is 238 Å². The lowest BCUT2D eigenvalue weighted by molar-refractivity contribution is 0.673. The van der Waals surface area contributed by atoms with Crippen LogP contribution in [-0.2, 0) is 6.42 Å². The fraction of sp³-hybridized carbons (Fsp3) is 0.0500. The van der Waals surface area contributed by atoms with Gasteiger partial charge in [0, 0.05) is 16.2 Å². The van der Waals surface area contributed by atoms with Crippen LogP contribution in [0.4, 0.5) is 0 Å². The average molecular weight is 523 g/mol. The third kappa shape index (κ3) is 3.30. The normalized spacial score (nSPS) is 13.3. The summed E-state index contributed by atoms with van der Waals surface area (Å²) in [6, 6.07) is 46.2. The standard InChI is InChI=1S/C40H26O/c1-2-12-27-24-28(21-20-25(27)10-1)37-30-14-5-7-16-32(30)38(33-17-8-6-15-31(33)37)34-18-9-19-36-39(34)35-23-22-26-11-3-4-13-29(26)40(35)41-36/h1-19,22-24H,20-21H2. The molecule has 0 N–H and O–H groups in total. The van der Waals surface area contributed by atoms with E-state index in [9.17, 15) is 0 Å². The fourth-order valence-electron chi connectivity index (χ4n) is 7.16. The first-order chi connectivity index (χ1) is 20.3. The van der Waals surface area contributed by atoms with Gasteiger partial charge in [-0.15, -0.1) is 0 Å². The number of hydrogen-bond donors (Lipinski definition) is 0. The van der Waals surface area contributed by atoms with Gasteiger partial charge in [0.15, 0.2) is 0 Å². The lowest BCUT2D eigenvalue weighted by Crippen LogP contribution is -2.01.